The minimum Gasteiger partial charge on any atom is -0.484 e. The van der Waals surface area contributed by atoms with Crippen LogP contribution in [-0.2, 0) is 9.63 Å². The first-order valence-electron chi connectivity index (χ1n) is 6.07. The van der Waals surface area contributed by atoms with Gasteiger partial charge in [-0.05, 0) is 37.1 Å². The highest BCUT2D eigenvalue weighted by Gasteiger charge is 2.16. The van der Waals surface area contributed by atoms with Gasteiger partial charge in [-0.15, -0.1) is 0 Å². The Morgan fingerprint density at radius 3 is 2.61 bits per heavy atom. The van der Waals surface area contributed by atoms with Crippen molar-refractivity contribution in [2.75, 3.05) is 6.61 Å². The molecule has 0 saturated heterocycles. The van der Waals surface area contributed by atoms with Crippen LogP contribution in [0.4, 0.5) is 0 Å². The maximum absolute atomic E-state index is 11.5. The number of hydrogen-bond donors (Lipinski definition) is 1. The summed E-state index contributed by atoms with van der Waals surface area (Å²) in [6.45, 7) is -0.0612. The zero-order valence-corrected chi connectivity index (χ0v) is 10.8. The monoisotopic (exact) mass is 269 g/mol. The molecule has 0 aliphatic heterocycles. The molecule has 1 amide bonds. The van der Waals surface area contributed by atoms with Crippen LogP contribution in [0.25, 0.3) is 0 Å². The van der Waals surface area contributed by atoms with E-state index in [1.807, 2.05) is 0 Å². The zero-order valence-electron chi connectivity index (χ0n) is 10.0. The first-order chi connectivity index (χ1) is 8.74. The van der Waals surface area contributed by atoms with Gasteiger partial charge < -0.3 is 4.74 Å². The third-order valence-corrected chi connectivity index (χ3v) is 3.08. The zero-order chi connectivity index (χ0) is 12.8. The minimum atomic E-state index is -0.281. The van der Waals surface area contributed by atoms with Crippen molar-refractivity contribution in [1.82, 2.24) is 5.48 Å². The lowest BCUT2D eigenvalue weighted by Gasteiger charge is -2.11. The lowest BCUT2D eigenvalue weighted by Crippen LogP contribution is -2.32. The molecule has 1 saturated carbocycles. The Kier molecular flexibility index (Phi) is 4.84. The van der Waals surface area contributed by atoms with Crippen molar-refractivity contribution in [2.24, 2.45) is 0 Å². The van der Waals surface area contributed by atoms with Crippen molar-refractivity contribution in [3.8, 4) is 5.75 Å². The topological polar surface area (TPSA) is 47.6 Å². The molecule has 1 aliphatic rings. The quantitative estimate of drug-likeness (QED) is 0.836. The molecule has 0 unspecified atom stereocenters. The Hall–Kier alpha value is -1.26. The molecule has 4 nitrogen and oxygen atoms in total. The van der Waals surface area contributed by atoms with E-state index < -0.39 is 0 Å². The highest BCUT2D eigenvalue weighted by molar-refractivity contribution is 6.30. The summed E-state index contributed by atoms with van der Waals surface area (Å²) in [5.41, 5.74) is 2.42. The van der Waals surface area contributed by atoms with Gasteiger partial charge in [0.1, 0.15) is 5.75 Å². The summed E-state index contributed by atoms with van der Waals surface area (Å²) >= 11 is 5.74. The van der Waals surface area contributed by atoms with Crippen molar-refractivity contribution >= 4 is 17.5 Å². The lowest BCUT2D eigenvalue weighted by molar-refractivity contribution is -0.140. The van der Waals surface area contributed by atoms with Crippen LogP contribution in [0, 0.1) is 0 Å². The van der Waals surface area contributed by atoms with E-state index in [1.54, 1.807) is 24.3 Å². The molecule has 0 aromatic heterocycles. The number of benzene rings is 1. The molecule has 1 aromatic rings. The van der Waals surface area contributed by atoms with E-state index in [-0.39, 0.29) is 18.6 Å². The standard InChI is InChI=1S/C13H16ClNO3/c14-10-5-7-11(8-6-10)17-9-13(16)15-18-12-3-1-2-4-12/h5-8,12H,1-4,9H2,(H,15,16). The van der Waals surface area contributed by atoms with Crippen LogP contribution < -0.4 is 10.2 Å². The van der Waals surface area contributed by atoms with E-state index in [9.17, 15) is 4.79 Å². The van der Waals surface area contributed by atoms with Crippen LogP contribution in [0.15, 0.2) is 24.3 Å². The Balaban J connectivity index is 1.66. The average molecular weight is 270 g/mol. The van der Waals surface area contributed by atoms with Crippen molar-refractivity contribution in [3.05, 3.63) is 29.3 Å². The molecule has 1 N–H and O–H groups in total. The van der Waals surface area contributed by atoms with Gasteiger partial charge in [0, 0.05) is 5.02 Å². The molecule has 0 heterocycles. The second-order valence-corrected chi connectivity index (χ2v) is 4.73. The van der Waals surface area contributed by atoms with Gasteiger partial charge in [0.2, 0.25) is 0 Å². The lowest BCUT2D eigenvalue weighted by atomic mass is 10.3. The number of ether oxygens (including phenoxy) is 1. The number of halogens is 1. The van der Waals surface area contributed by atoms with Gasteiger partial charge in [-0.25, -0.2) is 5.48 Å². The van der Waals surface area contributed by atoms with E-state index in [2.05, 4.69) is 5.48 Å². The number of hydroxylamine groups is 1. The van der Waals surface area contributed by atoms with E-state index in [0.29, 0.717) is 10.8 Å². The first-order valence-corrected chi connectivity index (χ1v) is 6.45. The van der Waals surface area contributed by atoms with Gasteiger partial charge in [0.15, 0.2) is 6.61 Å². The third kappa shape index (κ3) is 4.20. The van der Waals surface area contributed by atoms with Gasteiger partial charge in [-0.3, -0.25) is 9.63 Å². The molecule has 1 fully saturated rings. The van der Waals surface area contributed by atoms with Crippen LogP contribution in [0.3, 0.4) is 0 Å². The van der Waals surface area contributed by atoms with Crippen molar-refractivity contribution < 1.29 is 14.4 Å². The van der Waals surface area contributed by atoms with E-state index in [0.717, 1.165) is 12.8 Å². The maximum atomic E-state index is 11.5. The molecule has 0 spiro atoms. The van der Waals surface area contributed by atoms with Crippen LogP contribution >= 0.6 is 11.6 Å². The summed E-state index contributed by atoms with van der Waals surface area (Å²) in [6.07, 6.45) is 4.52. The Labute approximate surface area is 111 Å². The molecule has 5 heteroatoms. The Bertz CT molecular complexity index is 388. The molecule has 18 heavy (non-hydrogen) atoms. The molecule has 0 bridgehead atoms. The number of nitrogens with one attached hydrogen (secondary N) is 1. The summed E-state index contributed by atoms with van der Waals surface area (Å²) in [4.78, 5) is 16.7. The summed E-state index contributed by atoms with van der Waals surface area (Å²) in [5, 5.41) is 0.636. The largest absolute Gasteiger partial charge is 0.484 e. The van der Waals surface area contributed by atoms with Gasteiger partial charge in [-0.1, -0.05) is 24.4 Å². The van der Waals surface area contributed by atoms with Crippen LogP contribution in [0.2, 0.25) is 5.02 Å². The number of carbonyl (C=O) groups is 1. The number of rotatable bonds is 5. The number of amides is 1. The number of hydrogen-bond acceptors (Lipinski definition) is 3. The third-order valence-electron chi connectivity index (χ3n) is 2.83. The van der Waals surface area contributed by atoms with Gasteiger partial charge in [0.05, 0.1) is 6.10 Å². The summed E-state index contributed by atoms with van der Waals surface area (Å²) in [6, 6.07) is 6.86. The number of carbonyl (C=O) groups excluding carboxylic acids is 1. The molecule has 0 atom stereocenters. The predicted molar refractivity (Wildman–Crippen MR) is 68.4 cm³/mol. The maximum Gasteiger partial charge on any atom is 0.281 e. The van der Waals surface area contributed by atoms with Crippen LogP contribution in [0.1, 0.15) is 25.7 Å². The average Bonchev–Trinajstić information content (AvgIpc) is 2.89. The molecule has 98 valence electrons. The minimum absolute atomic E-state index is 0.0612. The summed E-state index contributed by atoms with van der Waals surface area (Å²) in [7, 11) is 0. The van der Waals surface area contributed by atoms with Crippen LogP contribution in [0.5, 0.6) is 5.75 Å². The molecular formula is C13H16ClNO3. The summed E-state index contributed by atoms with van der Waals surface area (Å²) in [5.74, 6) is 0.326. The van der Waals surface area contributed by atoms with Crippen LogP contribution in [-0.4, -0.2) is 18.6 Å². The van der Waals surface area contributed by atoms with Gasteiger partial charge in [0.25, 0.3) is 5.91 Å². The highest BCUT2D eigenvalue weighted by atomic mass is 35.5. The SMILES string of the molecule is O=C(COc1ccc(Cl)cc1)NOC1CCCC1. The second kappa shape index (κ2) is 6.61. The molecule has 0 radical (unpaired) electrons. The van der Waals surface area contributed by atoms with Crippen molar-refractivity contribution in [3.63, 3.8) is 0 Å². The molecule has 1 aliphatic carbocycles. The van der Waals surface area contributed by atoms with Gasteiger partial charge >= 0.3 is 0 Å². The van der Waals surface area contributed by atoms with Gasteiger partial charge in [-0.2, -0.15) is 0 Å². The smallest absolute Gasteiger partial charge is 0.281 e. The van der Waals surface area contributed by atoms with E-state index >= 15 is 0 Å². The van der Waals surface area contributed by atoms with Crippen molar-refractivity contribution in [1.29, 1.82) is 0 Å². The fraction of sp³-hybridized carbons (Fsp3) is 0.462. The Morgan fingerprint density at radius 1 is 1.28 bits per heavy atom. The molecule has 1 aromatic carbocycles. The summed E-state index contributed by atoms with van der Waals surface area (Å²) < 4.78 is 5.29. The first kappa shape index (κ1) is 13.2. The molecular weight excluding hydrogens is 254 g/mol. The van der Waals surface area contributed by atoms with E-state index in [1.165, 1.54) is 12.8 Å². The Morgan fingerprint density at radius 2 is 1.94 bits per heavy atom. The van der Waals surface area contributed by atoms with E-state index in [4.69, 9.17) is 21.2 Å². The second-order valence-electron chi connectivity index (χ2n) is 4.29. The predicted octanol–water partition coefficient (Wildman–Crippen LogP) is 2.71. The molecule has 2 rings (SSSR count). The highest BCUT2D eigenvalue weighted by Crippen LogP contribution is 2.19. The fourth-order valence-corrected chi connectivity index (χ4v) is 1.99. The normalized spacial score (nSPS) is 15.6. The fourth-order valence-electron chi connectivity index (χ4n) is 1.86. The van der Waals surface area contributed by atoms with Crippen molar-refractivity contribution in [2.45, 2.75) is 31.8 Å².